The lowest BCUT2D eigenvalue weighted by Gasteiger charge is -2.18. The van der Waals surface area contributed by atoms with Crippen LogP contribution in [0.5, 0.6) is 0 Å². The van der Waals surface area contributed by atoms with Crippen molar-refractivity contribution < 1.29 is 14.1 Å². The van der Waals surface area contributed by atoms with Gasteiger partial charge in [-0.3, -0.25) is 9.59 Å². The largest absolute Gasteiger partial charge is 0.361 e. The summed E-state index contributed by atoms with van der Waals surface area (Å²) in [5.41, 5.74) is 1.13. The third-order valence-corrected chi connectivity index (χ3v) is 3.90. The summed E-state index contributed by atoms with van der Waals surface area (Å²) >= 11 is 0. The van der Waals surface area contributed by atoms with Gasteiger partial charge in [0.2, 0.25) is 5.91 Å². The first-order chi connectivity index (χ1) is 9.97. The summed E-state index contributed by atoms with van der Waals surface area (Å²) in [6.45, 7) is 4.92. The van der Waals surface area contributed by atoms with Crippen molar-refractivity contribution in [1.29, 1.82) is 0 Å². The Kier molecular flexibility index (Phi) is 4.62. The van der Waals surface area contributed by atoms with Crippen molar-refractivity contribution in [2.45, 2.75) is 26.3 Å². The molecule has 2 amide bonds. The lowest BCUT2D eigenvalue weighted by atomic mass is 10.0. The van der Waals surface area contributed by atoms with Crippen molar-refractivity contribution >= 4 is 11.8 Å². The maximum Gasteiger partial charge on any atom is 0.257 e. The minimum Gasteiger partial charge on any atom is -0.361 e. The van der Waals surface area contributed by atoms with Gasteiger partial charge in [0.1, 0.15) is 11.3 Å². The minimum atomic E-state index is -0.241. The van der Waals surface area contributed by atoms with Crippen LogP contribution >= 0.6 is 0 Å². The Morgan fingerprint density at radius 3 is 2.76 bits per heavy atom. The van der Waals surface area contributed by atoms with Crippen LogP contribution in [0.2, 0.25) is 0 Å². The van der Waals surface area contributed by atoms with Crippen LogP contribution in [-0.4, -0.2) is 55.1 Å². The van der Waals surface area contributed by atoms with E-state index in [0.717, 1.165) is 0 Å². The van der Waals surface area contributed by atoms with E-state index in [1.165, 1.54) is 0 Å². The lowest BCUT2D eigenvalue weighted by molar-refractivity contribution is -0.124. The molecule has 21 heavy (non-hydrogen) atoms. The molecule has 1 aromatic rings. The molecule has 0 saturated carbocycles. The Balaban J connectivity index is 2.14. The van der Waals surface area contributed by atoms with E-state index in [-0.39, 0.29) is 23.8 Å². The summed E-state index contributed by atoms with van der Waals surface area (Å²) in [6.07, 6.45) is 0.629. The molecule has 2 atom stereocenters. The second kappa shape index (κ2) is 6.26. The van der Waals surface area contributed by atoms with Crippen molar-refractivity contribution in [3.63, 3.8) is 0 Å². The molecule has 1 fully saturated rings. The van der Waals surface area contributed by atoms with Gasteiger partial charge in [0.15, 0.2) is 0 Å². The molecular weight excluding hydrogens is 272 g/mol. The van der Waals surface area contributed by atoms with Gasteiger partial charge in [-0.2, -0.15) is 0 Å². The van der Waals surface area contributed by atoms with Crippen LogP contribution in [-0.2, 0) is 11.2 Å². The molecule has 1 aromatic heterocycles. The number of carbonyl (C=O) groups is 2. The zero-order valence-corrected chi connectivity index (χ0v) is 12.9. The zero-order chi connectivity index (χ0) is 15.6. The fraction of sp³-hybridized carbons (Fsp3) is 0.643. The molecule has 1 saturated heterocycles. The third-order valence-electron chi connectivity index (χ3n) is 3.90. The molecule has 1 aliphatic heterocycles. The van der Waals surface area contributed by atoms with E-state index in [9.17, 15) is 9.59 Å². The number of likely N-dealkylation sites (tertiary alicyclic amines) is 1. The second-order valence-electron chi connectivity index (χ2n) is 5.44. The van der Waals surface area contributed by atoms with Gasteiger partial charge in [-0.1, -0.05) is 12.1 Å². The van der Waals surface area contributed by atoms with Gasteiger partial charge in [-0.15, -0.1) is 0 Å². The van der Waals surface area contributed by atoms with E-state index in [1.54, 1.807) is 14.0 Å². The Morgan fingerprint density at radius 2 is 2.14 bits per heavy atom. The Hall–Kier alpha value is -1.89. The number of aryl methyl sites for hydroxylation is 2. The van der Waals surface area contributed by atoms with Gasteiger partial charge in [0, 0.05) is 20.1 Å². The maximum atomic E-state index is 12.5. The predicted molar refractivity (Wildman–Crippen MR) is 76.9 cm³/mol. The average molecular weight is 294 g/mol. The highest BCUT2D eigenvalue weighted by Gasteiger charge is 2.37. The summed E-state index contributed by atoms with van der Waals surface area (Å²) in [4.78, 5) is 26.4. The number of nitrogens with one attached hydrogen (secondary N) is 2. The van der Waals surface area contributed by atoms with Crippen LogP contribution in [0.25, 0.3) is 0 Å². The molecule has 0 aromatic carbocycles. The third kappa shape index (κ3) is 3.07. The van der Waals surface area contributed by atoms with Crippen molar-refractivity contribution in [2.24, 2.45) is 5.92 Å². The molecule has 7 nitrogen and oxygen atoms in total. The number of hydrogen-bond donors (Lipinski definition) is 2. The van der Waals surface area contributed by atoms with Crippen LogP contribution < -0.4 is 10.6 Å². The van der Waals surface area contributed by atoms with Gasteiger partial charge >= 0.3 is 0 Å². The molecule has 2 rings (SSSR count). The molecular formula is C14H22N4O3. The van der Waals surface area contributed by atoms with E-state index in [1.807, 2.05) is 18.9 Å². The first kappa shape index (κ1) is 15.5. The highest BCUT2D eigenvalue weighted by molar-refractivity contribution is 5.96. The number of amides is 2. The summed E-state index contributed by atoms with van der Waals surface area (Å²) in [5, 5.41) is 9.49. The van der Waals surface area contributed by atoms with Gasteiger partial charge in [-0.25, -0.2) is 0 Å². The van der Waals surface area contributed by atoms with Crippen LogP contribution in [0.3, 0.4) is 0 Å². The molecule has 2 N–H and O–H groups in total. The first-order valence-corrected chi connectivity index (χ1v) is 7.14. The van der Waals surface area contributed by atoms with E-state index in [0.29, 0.717) is 36.5 Å². The van der Waals surface area contributed by atoms with Crippen LogP contribution in [0, 0.1) is 12.8 Å². The molecule has 0 radical (unpaired) electrons. The predicted octanol–water partition coefficient (Wildman–Crippen LogP) is -0.0486. The highest BCUT2D eigenvalue weighted by Crippen LogP contribution is 2.18. The molecule has 0 unspecified atom stereocenters. The van der Waals surface area contributed by atoms with Crippen LogP contribution in [0.15, 0.2) is 4.52 Å². The average Bonchev–Trinajstić information content (AvgIpc) is 3.00. The number of hydrogen-bond acceptors (Lipinski definition) is 5. The summed E-state index contributed by atoms with van der Waals surface area (Å²) < 4.78 is 5.09. The van der Waals surface area contributed by atoms with Gasteiger partial charge in [0.25, 0.3) is 5.91 Å². The SMILES string of the molecule is CCc1noc(C)c1C(=O)N[C@H]1CN(C)C[C@H]1C(=O)NC. The summed E-state index contributed by atoms with van der Waals surface area (Å²) in [6, 6.07) is -0.207. The number of nitrogens with zero attached hydrogens (tertiary/aromatic N) is 2. The molecule has 1 aliphatic rings. The van der Waals surface area contributed by atoms with Crippen molar-refractivity contribution in [3.05, 3.63) is 17.0 Å². The number of aromatic nitrogens is 1. The zero-order valence-electron chi connectivity index (χ0n) is 12.9. The van der Waals surface area contributed by atoms with E-state index < -0.39 is 0 Å². The fourth-order valence-corrected chi connectivity index (χ4v) is 2.79. The van der Waals surface area contributed by atoms with E-state index in [4.69, 9.17) is 4.52 Å². The topological polar surface area (TPSA) is 87.5 Å². The Bertz CT molecular complexity index is 540. The van der Waals surface area contributed by atoms with Crippen LogP contribution in [0.4, 0.5) is 0 Å². The van der Waals surface area contributed by atoms with Crippen molar-refractivity contribution in [2.75, 3.05) is 27.2 Å². The van der Waals surface area contributed by atoms with Gasteiger partial charge in [0.05, 0.1) is 17.7 Å². The highest BCUT2D eigenvalue weighted by atomic mass is 16.5. The Labute approximate surface area is 124 Å². The van der Waals surface area contributed by atoms with E-state index in [2.05, 4.69) is 15.8 Å². The minimum absolute atomic E-state index is 0.0533. The summed E-state index contributed by atoms with van der Waals surface area (Å²) in [7, 11) is 3.54. The fourth-order valence-electron chi connectivity index (χ4n) is 2.79. The monoisotopic (exact) mass is 294 g/mol. The normalized spacial score (nSPS) is 22.3. The number of rotatable bonds is 4. The van der Waals surface area contributed by atoms with Crippen LogP contribution in [0.1, 0.15) is 28.7 Å². The quantitative estimate of drug-likeness (QED) is 0.813. The molecule has 7 heteroatoms. The molecule has 0 bridgehead atoms. The molecule has 2 heterocycles. The number of likely N-dealkylation sites (N-methyl/N-ethyl adjacent to an activating group) is 1. The molecule has 116 valence electrons. The lowest BCUT2D eigenvalue weighted by Crippen LogP contribution is -2.45. The van der Waals surface area contributed by atoms with Gasteiger partial charge in [-0.05, 0) is 20.4 Å². The summed E-state index contributed by atoms with van der Waals surface area (Å²) in [5.74, 6) is -0.0106. The number of carbonyl (C=O) groups excluding carboxylic acids is 2. The van der Waals surface area contributed by atoms with Gasteiger partial charge < -0.3 is 20.1 Å². The Morgan fingerprint density at radius 1 is 1.43 bits per heavy atom. The first-order valence-electron chi connectivity index (χ1n) is 7.14. The second-order valence-corrected chi connectivity index (χ2v) is 5.44. The van der Waals surface area contributed by atoms with E-state index >= 15 is 0 Å². The molecule has 0 aliphatic carbocycles. The smallest absolute Gasteiger partial charge is 0.257 e. The standard InChI is InChI=1S/C14H22N4O3/c1-5-10-12(8(2)21-17-10)14(20)16-11-7-18(4)6-9(11)13(19)15-3/h9,11H,5-7H2,1-4H3,(H,15,19)(H,16,20)/t9-,11+/m1/s1. The molecule has 0 spiro atoms. The van der Waals surface area contributed by atoms with Crippen molar-refractivity contribution in [1.82, 2.24) is 20.7 Å². The van der Waals surface area contributed by atoms with Crippen molar-refractivity contribution in [3.8, 4) is 0 Å². The maximum absolute atomic E-state index is 12.5.